The molecule has 0 amide bonds. The van der Waals surface area contributed by atoms with E-state index in [-0.39, 0.29) is 0 Å². The molecule has 0 N–H and O–H groups in total. The number of anilines is 1. The molecule has 1 aliphatic heterocycles. The maximum atomic E-state index is 9.05. The third-order valence-corrected chi connectivity index (χ3v) is 4.33. The summed E-state index contributed by atoms with van der Waals surface area (Å²) < 4.78 is 4.06. The lowest BCUT2D eigenvalue weighted by Crippen LogP contribution is -2.23. The number of halogens is 1. The zero-order valence-corrected chi connectivity index (χ0v) is 10.8. The van der Waals surface area contributed by atoms with Gasteiger partial charge in [-0.25, -0.2) is 0 Å². The van der Waals surface area contributed by atoms with Gasteiger partial charge in [-0.05, 0) is 36.7 Å². The van der Waals surface area contributed by atoms with E-state index in [0.29, 0.717) is 10.7 Å². The van der Waals surface area contributed by atoms with Gasteiger partial charge in [-0.2, -0.15) is 9.64 Å². The summed E-state index contributed by atoms with van der Waals surface area (Å²) in [4.78, 5) is 2.26. The molecule has 86 valence electrons. The second-order valence-corrected chi connectivity index (χ2v) is 5.40. The lowest BCUT2D eigenvalue weighted by Gasteiger charge is -2.20. The smallest absolute Gasteiger partial charge is 0.162 e. The van der Waals surface area contributed by atoms with Crippen molar-refractivity contribution in [1.29, 1.82) is 5.26 Å². The van der Waals surface area contributed by atoms with E-state index >= 15 is 0 Å². The minimum absolute atomic E-state index is 0.347. The molecule has 1 aromatic heterocycles. The lowest BCUT2D eigenvalue weighted by atomic mass is 10.0. The van der Waals surface area contributed by atoms with E-state index in [2.05, 4.69) is 22.3 Å². The van der Waals surface area contributed by atoms with Crippen LogP contribution in [0.3, 0.4) is 0 Å². The average molecular weight is 256 g/mol. The maximum Gasteiger partial charge on any atom is 0.162 e. The molecule has 1 aliphatic rings. The summed E-state index contributed by atoms with van der Waals surface area (Å²) in [5.74, 6) is 0.777. The van der Waals surface area contributed by atoms with Crippen LogP contribution in [-0.4, -0.2) is 17.5 Å². The fourth-order valence-corrected chi connectivity index (χ4v) is 3.12. The molecular weight excluding hydrogens is 242 g/mol. The topological polar surface area (TPSA) is 39.9 Å². The zero-order valence-electron chi connectivity index (χ0n) is 9.24. The molecule has 1 atom stereocenters. The van der Waals surface area contributed by atoms with Crippen LogP contribution < -0.4 is 4.90 Å². The molecule has 2 rings (SSSR count). The van der Waals surface area contributed by atoms with Gasteiger partial charge in [0.05, 0.1) is 0 Å². The minimum atomic E-state index is 0.347. The Kier molecular flexibility index (Phi) is 3.67. The highest BCUT2D eigenvalue weighted by molar-refractivity contribution is 7.10. The number of aromatic nitrogens is 1. The summed E-state index contributed by atoms with van der Waals surface area (Å²) >= 11 is 7.22. The van der Waals surface area contributed by atoms with E-state index in [4.69, 9.17) is 16.9 Å². The van der Waals surface area contributed by atoms with E-state index in [1.807, 2.05) is 0 Å². The molecule has 0 spiro atoms. The quantitative estimate of drug-likeness (QED) is 0.773. The Morgan fingerprint density at radius 2 is 2.31 bits per heavy atom. The summed E-state index contributed by atoms with van der Waals surface area (Å²) in [6.07, 6.45) is 3.63. The monoisotopic (exact) mass is 255 g/mol. The molecule has 3 nitrogen and oxygen atoms in total. The average Bonchev–Trinajstić information content (AvgIpc) is 2.50. The molecule has 1 aromatic rings. The summed E-state index contributed by atoms with van der Waals surface area (Å²) in [7, 11) is 0. The Balaban J connectivity index is 2.20. The van der Waals surface area contributed by atoms with Gasteiger partial charge in [-0.15, -0.1) is 0 Å². The third-order valence-electron chi connectivity index (χ3n) is 3.05. The second-order valence-electron chi connectivity index (χ2n) is 4.29. The van der Waals surface area contributed by atoms with Gasteiger partial charge in [0, 0.05) is 13.1 Å². The van der Waals surface area contributed by atoms with Gasteiger partial charge in [0.1, 0.15) is 16.6 Å². The van der Waals surface area contributed by atoms with Gasteiger partial charge in [-0.3, -0.25) is 0 Å². The third kappa shape index (κ3) is 2.31. The first-order chi connectivity index (χ1) is 7.72. The van der Waals surface area contributed by atoms with Crippen molar-refractivity contribution >= 4 is 28.1 Å². The highest BCUT2D eigenvalue weighted by atomic mass is 35.5. The highest BCUT2D eigenvalue weighted by Crippen LogP contribution is 2.33. The van der Waals surface area contributed by atoms with Crippen molar-refractivity contribution in [3.8, 4) is 6.07 Å². The first-order valence-electron chi connectivity index (χ1n) is 5.52. The van der Waals surface area contributed by atoms with Crippen LogP contribution in [0.2, 0.25) is 5.15 Å². The Morgan fingerprint density at radius 3 is 3.06 bits per heavy atom. The number of nitriles is 1. The van der Waals surface area contributed by atoms with Crippen LogP contribution in [0.4, 0.5) is 5.00 Å². The van der Waals surface area contributed by atoms with Crippen LogP contribution in [0.1, 0.15) is 31.7 Å². The number of hydrogen-bond donors (Lipinski definition) is 0. The van der Waals surface area contributed by atoms with Crippen LogP contribution in [0, 0.1) is 17.2 Å². The molecule has 1 saturated heterocycles. The number of hydrogen-bond acceptors (Lipinski definition) is 4. The first-order valence-corrected chi connectivity index (χ1v) is 6.67. The summed E-state index contributed by atoms with van der Waals surface area (Å²) in [6.45, 7) is 4.31. The van der Waals surface area contributed by atoms with Crippen LogP contribution >= 0.6 is 23.1 Å². The van der Waals surface area contributed by atoms with Gasteiger partial charge in [0.2, 0.25) is 0 Å². The highest BCUT2D eigenvalue weighted by Gasteiger charge is 2.20. The fraction of sp³-hybridized carbons (Fsp3) is 0.636. The van der Waals surface area contributed by atoms with Crippen molar-refractivity contribution in [2.24, 2.45) is 5.92 Å². The van der Waals surface area contributed by atoms with Crippen molar-refractivity contribution in [2.75, 3.05) is 18.0 Å². The summed E-state index contributed by atoms with van der Waals surface area (Å²) in [6, 6.07) is 2.15. The fourth-order valence-electron chi connectivity index (χ4n) is 2.04. The van der Waals surface area contributed by atoms with Crippen molar-refractivity contribution < 1.29 is 0 Å². The molecule has 5 heteroatoms. The van der Waals surface area contributed by atoms with Crippen LogP contribution in [0.5, 0.6) is 0 Å². The maximum absolute atomic E-state index is 9.05. The summed E-state index contributed by atoms with van der Waals surface area (Å²) in [5.41, 5.74) is 0.543. The molecule has 0 aliphatic carbocycles. The second kappa shape index (κ2) is 5.03. The van der Waals surface area contributed by atoms with Crippen molar-refractivity contribution in [1.82, 2.24) is 4.37 Å². The first kappa shape index (κ1) is 11.7. The molecule has 16 heavy (non-hydrogen) atoms. The van der Waals surface area contributed by atoms with E-state index in [0.717, 1.165) is 24.0 Å². The number of nitrogens with zero attached hydrogens (tertiary/aromatic N) is 3. The Bertz CT molecular complexity index is 410. The molecular formula is C11H14ClN3S. The van der Waals surface area contributed by atoms with Crippen LogP contribution in [-0.2, 0) is 0 Å². The van der Waals surface area contributed by atoms with E-state index in [1.165, 1.54) is 30.8 Å². The molecule has 0 radical (unpaired) electrons. The zero-order chi connectivity index (χ0) is 11.5. The van der Waals surface area contributed by atoms with Crippen molar-refractivity contribution in [3.05, 3.63) is 10.7 Å². The predicted molar refractivity (Wildman–Crippen MR) is 67.1 cm³/mol. The molecule has 0 bridgehead atoms. The van der Waals surface area contributed by atoms with Gasteiger partial charge in [0.15, 0.2) is 5.15 Å². The van der Waals surface area contributed by atoms with Gasteiger partial charge >= 0.3 is 0 Å². The summed E-state index contributed by atoms with van der Waals surface area (Å²) in [5, 5.41) is 10.3. The molecule has 0 saturated carbocycles. The number of rotatable bonds is 1. The predicted octanol–water partition coefficient (Wildman–Crippen LogP) is 3.29. The lowest BCUT2D eigenvalue weighted by molar-refractivity contribution is 0.521. The van der Waals surface area contributed by atoms with Crippen LogP contribution in [0.25, 0.3) is 0 Å². The van der Waals surface area contributed by atoms with Crippen molar-refractivity contribution in [2.45, 2.75) is 26.2 Å². The largest absolute Gasteiger partial charge is 0.361 e. The Hall–Kier alpha value is -0.790. The molecule has 0 aromatic carbocycles. The van der Waals surface area contributed by atoms with Crippen molar-refractivity contribution in [3.63, 3.8) is 0 Å². The standard InChI is InChI=1S/C11H14ClN3S/c1-8-3-2-5-15(6-4-8)11-9(7-13)10(12)14-16-11/h8H,2-6H2,1H3. The van der Waals surface area contributed by atoms with Gasteiger partial charge in [-0.1, -0.05) is 18.5 Å². The normalized spacial score (nSPS) is 21.6. The SMILES string of the molecule is CC1CCCN(c2snc(Cl)c2C#N)CC1. The molecule has 1 fully saturated rings. The Labute approximate surface area is 105 Å². The Morgan fingerprint density at radius 1 is 1.50 bits per heavy atom. The minimum Gasteiger partial charge on any atom is -0.361 e. The molecule has 1 unspecified atom stereocenters. The van der Waals surface area contributed by atoms with E-state index in [1.54, 1.807) is 0 Å². The molecule has 2 heterocycles. The van der Waals surface area contributed by atoms with Gasteiger partial charge < -0.3 is 4.90 Å². The van der Waals surface area contributed by atoms with E-state index in [9.17, 15) is 0 Å². The van der Waals surface area contributed by atoms with Gasteiger partial charge in [0.25, 0.3) is 0 Å². The van der Waals surface area contributed by atoms with Crippen LogP contribution in [0.15, 0.2) is 0 Å². The van der Waals surface area contributed by atoms with E-state index < -0.39 is 0 Å².